The number of nitrogens with one attached hydrogen (secondary N) is 1. The van der Waals surface area contributed by atoms with Crippen molar-refractivity contribution >= 4 is 5.91 Å². The topological polar surface area (TPSA) is 228 Å². The van der Waals surface area contributed by atoms with Gasteiger partial charge >= 0.3 is 0 Å². The molecule has 12 unspecified atom stereocenters. The second-order valence-corrected chi connectivity index (χ2v) is 23.9. The number of aliphatic hydroxyl groups excluding tert-OH is 8. The molecule has 1 amide bonds. The largest absolute Gasteiger partial charge is 0.394 e. The summed E-state index contributed by atoms with van der Waals surface area (Å²) < 4.78 is 22.8. The van der Waals surface area contributed by atoms with Crippen molar-refractivity contribution in [1.29, 1.82) is 0 Å². The minimum atomic E-state index is -1.80. The summed E-state index contributed by atoms with van der Waals surface area (Å²) in [6.07, 6.45) is 64.2. The molecule has 0 aromatic heterocycles. The van der Waals surface area contributed by atoms with Crippen LogP contribution in [0.1, 0.15) is 251 Å². The Hall–Kier alpha value is -3.35. The number of ether oxygens (including phenoxy) is 4. The van der Waals surface area contributed by atoms with E-state index in [-0.39, 0.29) is 18.9 Å². The molecule has 0 bridgehead atoms. The van der Waals surface area contributed by atoms with Crippen molar-refractivity contribution in [2.24, 2.45) is 0 Å². The first-order valence-corrected chi connectivity index (χ1v) is 34.6. The number of hydrogen-bond acceptors (Lipinski definition) is 13. The van der Waals surface area contributed by atoms with Crippen molar-refractivity contribution < 1.29 is 64.6 Å². The average Bonchev–Trinajstić information content (AvgIpc) is 2.58. The number of rotatable bonds is 55. The molecule has 0 spiro atoms. The van der Waals surface area contributed by atoms with Crippen LogP contribution in [0.3, 0.4) is 0 Å². The Bertz CT molecular complexity index is 1880. The molecule has 0 aliphatic carbocycles. The zero-order chi connectivity index (χ0) is 63.1. The Labute approximate surface area is 527 Å². The quantitative estimate of drug-likeness (QED) is 0.0204. The molecule has 9 N–H and O–H groups in total. The Morgan fingerprint density at radius 2 is 0.805 bits per heavy atom. The van der Waals surface area contributed by atoms with E-state index in [2.05, 4.69) is 116 Å². The molecule has 0 aromatic rings. The van der Waals surface area contributed by atoms with Gasteiger partial charge in [-0.05, 0) is 89.9 Å². The van der Waals surface area contributed by atoms with Crippen LogP contribution in [0, 0.1) is 0 Å². The molecule has 2 heterocycles. The van der Waals surface area contributed by atoms with Gasteiger partial charge in [-0.1, -0.05) is 264 Å². The zero-order valence-electron chi connectivity index (χ0n) is 54.2. The maximum Gasteiger partial charge on any atom is 0.220 e. The van der Waals surface area contributed by atoms with Crippen LogP contribution >= 0.6 is 0 Å². The predicted octanol–water partition coefficient (Wildman–Crippen LogP) is 14.0. The van der Waals surface area contributed by atoms with Gasteiger partial charge in [-0.25, -0.2) is 0 Å². The van der Waals surface area contributed by atoms with Gasteiger partial charge in [-0.15, -0.1) is 0 Å². The molecule has 14 nitrogen and oxygen atoms in total. The van der Waals surface area contributed by atoms with E-state index in [0.717, 1.165) is 89.9 Å². The van der Waals surface area contributed by atoms with Crippen LogP contribution in [0.25, 0.3) is 0 Å². The molecule has 500 valence electrons. The van der Waals surface area contributed by atoms with Gasteiger partial charge in [0.2, 0.25) is 5.91 Å². The van der Waals surface area contributed by atoms with E-state index in [1.165, 1.54) is 128 Å². The molecule has 14 heteroatoms. The number of allylic oxidation sites excluding steroid dienone is 17. The Balaban J connectivity index is 1.73. The molecule has 0 aromatic carbocycles. The van der Waals surface area contributed by atoms with Crippen LogP contribution in [-0.2, 0) is 23.7 Å². The van der Waals surface area contributed by atoms with E-state index in [1.807, 2.05) is 6.08 Å². The van der Waals surface area contributed by atoms with Gasteiger partial charge < -0.3 is 65.1 Å². The molecule has 2 aliphatic heterocycles. The highest BCUT2D eigenvalue weighted by Crippen LogP contribution is 2.30. The molecule has 0 radical (unpaired) electrons. The van der Waals surface area contributed by atoms with Crippen LogP contribution in [0.4, 0.5) is 0 Å². The summed E-state index contributed by atoms with van der Waals surface area (Å²) in [6.45, 7) is 2.67. The Morgan fingerprint density at radius 3 is 1.26 bits per heavy atom. The molecule has 2 fully saturated rings. The molecule has 2 aliphatic rings. The summed E-state index contributed by atoms with van der Waals surface area (Å²) in [6, 6.07) is -0.952. The predicted molar refractivity (Wildman–Crippen MR) is 355 cm³/mol. The molecule has 2 saturated heterocycles. The van der Waals surface area contributed by atoms with Crippen molar-refractivity contribution in [3.63, 3.8) is 0 Å². The minimum absolute atomic E-state index is 0.244. The highest BCUT2D eigenvalue weighted by atomic mass is 16.7. The van der Waals surface area contributed by atoms with Gasteiger partial charge in [0.25, 0.3) is 0 Å². The summed E-state index contributed by atoms with van der Waals surface area (Å²) in [5.41, 5.74) is 0. The third kappa shape index (κ3) is 40.9. The van der Waals surface area contributed by atoms with Crippen molar-refractivity contribution in [2.75, 3.05) is 19.8 Å². The summed E-state index contributed by atoms with van der Waals surface area (Å²) >= 11 is 0. The van der Waals surface area contributed by atoms with Gasteiger partial charge in [-0.2, -0.15) is 0 Å². The number of carbonyl (C=O) groups is 1. The van der Waals surface area contributed by atoms with Gasteiger partial charge in [0.15, 0.2) is 12.6 Å². The van der Waals surface area contributed by atoms with Crippen LogP contribution in [0.5, 0.6) is 0 Å². The van der Waals surface area contributed by atoms with E-state index >= 15 is 0 Å². The lowest BCUT2D eigenvalue weighted by atomic mass is 9.97. The smallest absolute Gasteiger partial charge is 0.220 e. The van der Waals surface area contributed by atoms with Crippen molar-refractivity contribution in [3.8, 4) is 0 Å². The summed E-state index contributed by atoms with van der Waals surface area (Å²) in [5, 5.41) is 87.4. The lowest BCUT2D eigenvalue weighted by Gasteiger charge is -2.46. The molecule has 12 atom stereocenters. The number of hydrogen-bond donors (Lipinski definition) is 9. The van der Waals surface area contributed by atoms with Gasteiger partial charge in [0, 0.05) is 6.42 Å². The van der Waals surface area contributed by atoms with Gasteiger partial charge in [-0.3, -0.25) is 4.79 Å². The normalized spacial score (nSPS) is 24.0. The lowest BCUT2D eigenvalue weighted by Crippen LogP contribution is -2.65. The highest BCUT2D eigenvalue weighted by molar-refractivity contribution is 5.76. The van der Waals surface area contributed by atoms with Crippen LogP contribution in [-0.4, -0.2) is 140 Å². The van der Waals surface area contributed by atoms with E-state index in [1.54, 1.807) is 6.08 Å². The first kappa shape index (κ1) is 79.7. The maximum absolute atomic E-state index is 13.3. The van der Waals surface area contributed by atoms with Gasteiger partial charge in [0.1, 0.15) is 48.8 Å². The van der Waals surface area contributed by atoms with Crippen LogP contribution < -0.4 is 5.32 Å². The van der Waals surface area contributed by atoms with E-state index in [0.29, 0.717) is 12.8 Å². The van der Waals surface area contributed by atoms with Crippen molar-refractivity contribution in [3.05, 3.63) is 109 Å². The van der Waals surface area contributed by atoms with E-state index in [9.17, 15) is 45.6 Å². The Morgan fingerprint density at radius 1 is 0.425 bits per heavy atom. The van der Waals surface area contributed by atoms with Crippen molar-refractivity contribution in [2.45, 2.75) is 325 Å². The zero-order valence-corrected chi connectivity index (χ0v) is 54.2. The molecular formula is C73H125NO13. The fourth-order valence-electron chi connectivity index (χ4n) is 10.7. The standard InChI is InChI=1S/C73H125NO13/c1-3-5-7-9-11-13-15-17-19-21-23-25-27-29-31-33-35-37-39-41-43-45-47-49-51-53-55-57-65(78)74-61(60-84-72-70(83)68(81)71(64(59-76)86-72)87-73-69(82)67(80)66(79)63(58-75)85-73)62(77)56-54-52-50-48-46-44-42-40-38-36-34-32-30-28-26-24-22-20-18-16-14-12-10-8-6-4-2/h5,7,11,13,17,19,23,25,29,31,35,37,41,43,46,48,54,56,61-64,66-73,75-77,79-83H,3-4,6,8-10,12,14-16,18,20-22,24,26-28,30,32-34,36,38-40,42,44-45,47,49-53,55,57-60H2,1-2H3,(H,74,78)/b7-5-,13-11-,19-17-,25-23-,31-29-,37-35-,43-41-,48-46+,56-54+. The lowest BCUT2D eigenvalue weighted by molar-refractivity contribution is -0.359. The molecule has 0 saturated carbocycles. The number of amides is 1. The van der Waals surface area contributed by atoms with Crippen LogP contribution in [0.15, 0.2) is 109 Å². The second kappa shape index (κ2) is 56.6. The summed E-state index contributed by atoms with van der Waals surface area (Å²) in [4.78, 5) is 13.3. The Kier molecular flexibility index (Phi) is 51.9. The fourth-order valence-corrected chi connectivity index (χ4v) is 10.7. The fraction of sp³-hybridized carbons (Fsp3) is 0.740. The van der Waals surface area contributed by atoms with Crippen molar-refractivity contribution in [1.82, 2.24) is 5.32 Å². The monoisotopic (exact) mass is 1220 g/mol. The maximum atomic E-state index is 13.3. The number of aliphatic hydroxyl groups is 8. The third-order valence-electron chi connectivity index (χ3n) is 16.2. The van der Waals surface area contributed by atoms with E-state index in [4.69, 9.17) is 18.9 Å². The third-order valence-corrected chi connectivity index (χ3v) is 16.2. The number of unbranched alkanes of at least 4 members (excludes halogenated alkanes) is 26. The highest BCUT2D eigenvalue weighted by Gasteiger charge is 2.51. The summed E-state index contributed by atoms with van der Waals surface area (Å²) in [5.74, 6) is -0.271. The SMILES string of the molecule is CC/C=C\C/C=C\C/C=C\C/C=C\C/C=C\C/C=C\C/C=C\CCCCCCCC(=O)NC(COC1OC(CO)C(OC2OC(CO)C(O)C(O)C2O)C(O)C1O)C(O)/C=C/CC/C=C/CCCCCCCCCCCCCCCCCCCCCC. The van der Waals surface area contributed by atoms with Gasteiger partial charge in [0.05, 0.1) is 32.0 Å². The second-order valence-electron chi connectivity index (χ2n) is 23.9. The minimum Gasteiger partial charge on any atom is -0.394 e. The average molecular weight is 1220 g/mol. The summed E-state index contributed by atoms with van der Waals surface area (Å²) in [7, 11) is 0. The van der Waals surface area contributed by atoms with E-state index < -0.39 is 86.8 Å². The van der Waals surface area contributed by atoms with Crippen LogP contribution in [0.2, 0.25) is 0 Å². The number of carbonyl (C=O) groups excluding carboxylic acids is 1. The first-order valence-electron chi connectivity index (χ1n) is 34.6. The molecule has 87 heavy (non-hydrogen) atoms. The first-order chi connectivity index (χ1) is 42.6. The molecule has 2 rings (SSSR count). The molecular weight excluding hydrogens is 1100 g/mol.